The first-order chi connectivity index (χ1) is 5.99. The normalized spacial score (nSPS) is 33.9. The van der Waals surface area contributed by atoms with Crippen LogP contribution < -0.4 is 10.6 Å². The van der Waals surface area contributed by atoms with Gasteiger partial charge in [0.1, 0.15) is 4.83 Å². The molecule has 2 N–H and O–H groups in total. The van der Waals surface area contributed by atoms with E-state index < -0.39 is 16.6 Å². The van der Waals surface area contributed by atoms with Crippen molar-refractivity contribution in [3.63, 3.8) is 0 Å². The molecule has 1 rings (SSSR count). The molecule has 3 amide bonds. The number of amides is 3. The van der Waals surface area contributed by atoms with Crippen LogP contribution in [0.25, 0.3) is 0 Å². The van der Waals surface area contributed by atoms with Gasteiger partial charge in [0.2, 0.25) is 5.91 Å². The summed E-state index contributed by atoms with van der Waals surface area (Å²) < 4.78 is 5.28. The summed E-state index contributed by atoms with van der Waals surface area (Å²) in [6, 6.07) is -0.531. The molecule has 0 spiro atoms. The van der Waals surface area contributed by atoms with Crippen molar-refractivity contribution < 1.29 is 14.3 Å². The fourth-order valence-corrected chi connectivity index (χ4v) is 1.52. The Kier molecular flexibility index (Phi) is 2.92. The fraction of sp³-hybridized carbons (Fsp3) is 0.714. The van der Waals surface area contributed by atoms with Gasteiger partial charge in [0, 0.05) is 6.61 Å². The minimum atomic E-state index is -0.964. The lowest BCUT2D eigenvalue weighted by atomic mass is 10.1. The molecule has 0 bridgehead atoms. The zero-order chi connectivity index (χ0) is 10.1. The Morgan fingerprint density at radius 1 is 1.62 bits per heavy atom. The van der Waals surface area contributed by atoms with Crippen molar-refractivity contribution in [1.29, 1.82) is 0 Å². The highest BCUT2D eigenvalue weighted by Crippen LogP contribution is 2.22. The molecular weight excluding hydrogens is 240 g/mol. The van der Waals surface area contributed by atoms with Gasteiger partial charge in [0.05, 0.1) is 0 Å². The second-order valence-corrected chi connectivity index (χ2v) is 3.76. The molecular formula is C7H11BrN2O3. The molecule has 1 aliphatic rings. The lowest BCUT2D eigenvalue weighted by Crippen LogP contribution is -2.67. The Balaban J connectivity index is 2.81. The van der Waals surface area contributed by atoms with E-state index in [1.54, 1.807) is 13.8 Å². The highest BCUT2D eigenvalue weighted by molar-refractivity contribution is 9.10. The van der Waals surface area contributed by atoms with E-state index in [1.807, 2.05) is 0 Å². The Morgan fingerprint density at radius 3 is 2.77 bits per heavy atom. The molecule has 0 aromatic heterocycles. The second-order valence-electron chi connectivity index (χ2n) is 2.85. The molecule has 0 aromatic carbocycles. The molecule has 0 aliphatic carbocycles. The second kappa shape index (κ2) is 3.63. The maximum atomic E-state index is 11.2. The van der Waals surface area contributed by atoms with Gasteiger partial charge in [0.15, 0.2) is 5.72 Å². The van der Waals surface area contributed by atoms with E-state index in [0.717, 1.165) is 0 Å². The van der Waals surface area contributed by atoms with Gasteiger partial charge in [-0.2, -0.15) is 0 Å². The van der Waals surface area contributed by atoms with Gasteiger partial charge in [0.25, 0.3) is 0 Å². The van der Waals surface area contributed by atoms with E-state index in [0.29, 0.717) is 6.61 Å². The van der Waals surface area contributed by atoms with Crippen LogP contribution in [0.15, 0.2) is 0 Å². The summed E-state index contributed by atoms with van der Waals surface area (Å²) in [5.74, 6) is -0.389. The first-order valence-corrected chi connectivity index (χ1v) is 4.82. The topological polar surface area (TPSA) is 67.4 Å². The smallest absolute Gasteiger partial charge is 0.323 e. The molecule has 0 radical (unpaired) electrons. The van der Waals surface area contributed by atoms with Crippen molar-refractivity contribution in [2.45, 2.75) is 24.4 Å². The standard InChI is InChI=1S/C7H11BrN2O3/c1-3-13-7(2)4(8)5(11)9-6(12)10-7/h4H,3H2,1-2H3,(H2,9,10,11,12)/t4-,7-/m1/s1. The van der Waals surface area contributed by atoms with E-state index in [2.05, 4.69) is 26.6 Å². The van der Waals surface area contributed by atoms with E-state index in [9.17, 15) is 9.59 Å². The van der Waals surface area contributed by atoms with Gasteiger partial charge in [-0.1, -0.05) is 15.9 Å². The monoisotopic (exact) mass is 250 g/mol. The first-order valence-electron chi connectivity index (χ1n) is 3.90. The maximum absolute atomic E-state index is 11.2. The summed E-state index contributed by atoms with van der Waals surface area (Å²) in [5.41, 5.74) is -0.964. The van der Waals surface area contributed by atoms with Crippen molar-refractivity contribution in [2.24, 2.45) is 0 Å². The Bertz CT molecular complexity index is 246. The number of alkyl halides is 1. The fourth-order valence-electron chi connectivity index (χ4n) is 1.15. The maximum Gasteiger partial charge on any atom is 0.323 e. The number of ether oxygens (including phenoxy) is 1. The number of carbonyl (C=O) groups excluding carboxylic acids is 2. The molecule has 0 unspecified atom stereocenters. The summed E-state index contributed by atoms with van der Waals surface area (Å²) in [7, 11) is 0. The van der Waals surface area contributed by atoms with Crippen LogP contribution in [-0.2, 0) is 9.53 Å². The average Bonchev–Trinajstić information content (AvgIpc) is 2.00. The Labute approximate surface area is 84.3 Å². The molecule has 5 nitrogen and oxygen atoms in total. The van der Waals surface area contributed by atoms with Gasteiger partial charge < -0.3 is 10.1 Å². The molecule has 74 valence electrons. The highest BCUT2D eigenvalue weighted by Gasteiger charge is 2.44. The van der Waals surface area contributed by atoms with E-state index in [1.165, 1.54) is 0 Å². The van der Waals surface area contributed by atoms with Gasteiger partial charge in [-0.05, 0) is 13.8 Å². The molecule has 0 aromatic rings. The number of hydrogen-bond donors (Lipinski definition) is 2. The first kappa shape index (κ1) is 10.5. The summed E-state index contributed by atoms with van der Waals surface area (Å²) in [6.45, 7) is 3.86. The number of imide groups is 1. The van der Waals surface area contributed by atoms with Crippen molar-refractivity contribution >= 4 is 27.9 Å². The predicted octanol–water partition coefficient (Wildman–Crippen LogP) is 0.342. The molecule has 2 atom stereocenters. The minimum absolute atomic E-state index is 0.389. The Morgan fingerprint density at radius 2 is 2.23 bits per heavy atom. The van der Waals surface area contributed by atoms with Gasteiger partial charge >= 0.3 is 6.03 Å². The lowest BCUT2D eigenvalue weighted by molar-refractivity contribution is -0.129. The van der Waals surface area contributed by atoms with Crippen LogP contribution in [0.1, 0.15) is 13.8 Å². The van der Waals surface area contributed by atoms with Crippen LogP contribution in [0.5, 0.6) is 0 Å². The molecule has 0 saturated carbocycles. The third-order valence-corrected chi connectivity index (χ3v) is 3.05. The summed E-state index contributed by atoms with van der Waals surface area (Å²) in [5, 5.41) is 4.66. The summed E-state index contributed by atoms with van der Waals surface area (Å²) >= 11 is 3.15. The number of rotatable bonds is 2. The molecule has 13 heavy (non-hydrogen) atoms. The third kappa shape index (κ3) is 2.00. The summed E-state index contributed by atoms with van der Waals surface area (Å²) in [4.78, 5) is 21.6. The van der Waals surface area contributed by atoms with Gasteiger partial charge in [-0.15, -0.1) is 0 Å². The predicted molar refractivity (Wildman–Crippen MR) is 49.4 cm³/mol. The Hall–Kier alpha value is -0.620. The van der Waals surface area contributed by atoms with Crippen LogP contribution in [-0.4, -0.2) is 29.1 Å². The lowest BCUT2D eigenvalue weighted by Gasteiger charge is -2.37. The molecule has 1 heterocycles. The van der Waals surface area contributed by atoms with Crippen molar-refractivity contribution in [1.82, 2.24) is 10.6 Å². The highest BCUT2D eigenvalue weighted by atomic mass is 79.9. The number of hydrogen-bond acceptors (Lipinski definition) is 3. The number of nitrogens with one attached hydrogen (secondary N) is 2. The zero-order valence-electron chi connectivity index (χ0n) is 7.39. The van der Waals surface area contributed by atoms with Crippen LogP contribution in [0.3, 0.4) is 0 Å². The number of urea groups is 1. The quantitative estimate of drug-likeness (QED) is 0.695. The van der Waals surface area contributed by atoms with Gasteiger partial charge in [-0.25, -0.2) is 4.79 Å². The molecule has 1 aliphatic heterocycles. The summed E-state index contributed by atoms with van der Waals surface area (Å²) in [6.07, 6.45) is 0. The zero-order valence-corrected chi connectivity index (χ0v) is 8.97. The van der Waals surface area contributed by atoms with Crippen molar-refractivity contribution in [3.8, 4) is 0 Å². The van der Waals surface area contributed by atoms with Gasteiger partial charge in [-0.3, -0.25) is 10.1 Å². The van der Waals surface area contributed by atoms with Crippen LogP contribution in [0.4, 0.5) is 4.79 Å². The largest absolute Gasteiger partial charge is 0.355 e. The van der Waals surface area contributed by atoms with Crippen molar-refractivity contribution in [2.75, 3.05) is 6.61 Å². The SMILES string of the molecule is CCO[C@@]1(C)NC(=O)NC(=O)[C@H]1Br. The van der Waals surface area contributed by atoms with Crippen LogP contribution in [0.2, 0.25) is 0 Å². The van der Waals surface area contributed by atoms with Crippen molar-refractivity contribution in [3.05, 3.63) is 0 Å². The van der Waals surface area contributed by atoms with Crippen LogP contribution >= 0.6 is 15.9 Å². The minimum Gasteiger partial charge on any atom is -0.355 e. The number of halogens is 1. The molecule has 1 saturated heterocycles. The number of carbonyl (C=O) groups is 2. The molecule has 1 fully saturated rings. The van der Waals surface area contributed by atoms with E-state index in [4.69, 9.17) is 4.74 Å². The van der Waals surface area contributed by atoms with E-state index >= 15 is 0 Å². The molecule has 6 heteroatoms. The van der Waals surface area contributed by atoms with Crippen LogP contribution in [0, 0.1) is 0 Å². The van der Waals surface area contributed by atoms with E-state index in [-0.39, 0.29) is 5.91 Å². The third-order valence-electron chi connectivity index (χ3n) is 1.76. The average molecular weight is 251 g/mol.